The first-order valence-corrected chi connectivity index (χ1v) is 9.48. The van der Waals surface area contributed by atoms with Crippen LogP contribution in [-0.4, -0.2) is 14.7 Å². The van der Waals surface area contributed by atoms with Crippen molar-refractivity contribution in [3.63, 3.8) is 0 Å². The summed E-state index contributed by atoms with van der Waals surface area (Å²) < 4.78 is 2.01. The average Bonchev–Trinajstić information content (AvgIpc) is 3.01. The van der Waals surface area contributed by atoms with Gasteiger partial charge in [-0.25, -0.2) is 4.98 Å². The van der Waals surface area contributed by atoms with E-state index in [4.69, 9.17) is 11.6 Å². The average molecular weight is 380 g/mol. The van der Waals surface area contributed by atoms with Crippen LogP contribution < -0.4 is 0 Å². The summed E-state index contributed by atoms with van der Waals surface area (Å²) in [6, 6.07) is 18.0. The molecule has 1 N–H and O–H groups in total. The van der Waals surface area contributed by atoms with E-state index in [1.54, 1.807) is 0 Å². The van der Waals surface area contributed by atoms with Gasteiger partial charge in [0.2, 0.25) is 0 Å². The van der Waals surface area contributed by atoms with Crippen molar-refractivity contribution in [1.29, 1.82) is 5.26 Å². The molecule has 0 fully saturated rings. The Labute approximate surface area is 164 Å². The molecule has 0 aliphatic carbocycles. The van der Waals surface area contributed by atoms with E-state index >= 15 is 0 Å². The molecule has 0 spiro atoms. The topological polar surface area (TPSA) is 61.8 Å². The lowest BCUT2D eigenvalue weighted by atomic mass is 9.99. The van der Waals surface area contributed by atoms with E-state index in [-0.39, 0.29) is 6.61 Å². The lowest BCUT2D eigenvalue weighted by molar-refractivity contribution is 0.271. The summed E-state index contributed by atoms with van der Waals surface area (Å²) in [5.41, 5.74) is 4.34. The van der Waals surface area contributed by atoms with Crippen LogP contribution in [0.25, 0.3) is 11.1 Å². The van der Waals surface area contributed by atoms with E-state index in [1.807, 2.05) is 53.1 Å². The zero-order valence-electron chi connectivity index (χ0n) is 15.3. The molecule has 0 unspecified atom stereocenters. The third-order valence-corrected chi connectivity index (χ3v) is 4.96. The smallest absolute Gasteiger partial charge is 0.152 e. The molecule has 3 rings (SSSR count). The SMILES string of the molecule is CCCCc1nc(Cl)c(CO)n1Cc1ccc(-c2ccccc2C#N)cc1. The van der Waals surface area contributed by atoms with Gasteiger partial charge in [0.05, 0.1) is 23.9 Å². The van der Waals surface area contributed by atoms with Gasteiger partial charge in [-0.05, 0) is 29.2 Å². The Bertz CT molecular complexity index is 955. The predicted molar refractivity (Wildman–Crippen MR) is 107 cm³/mol. The molecular formula is C22H22ClN3O. The van der Waals surface area contributed by atoms with Gasteiger partial charge in [-0.2, -0.15) is 5.26 Å². The fourth-order valence-electron chi connectivity index (χ4n) is 3.17. The van der Waals surface area contributed by atoms with Crippen LogP contribution in [-0.2, 0) is 19.6 Å². The Kier molecular flexibility index (Phi) is 6.28. The van der Waals surface area contributed by atoms with Crippen LogP contribution in [0, 0.1) is 11.3 Å². The van der Waals surface area contributed by atoms with Crippen molar-refractivity contribution in [2.45, 2.75) is 39.3 Å². The summed E-state index contributed by atoms with van der Waals surface area (Å²) >= 11 is 6.21. The van der Waals surface area contributed by atoms with E-state index in [2.05, 4.69) is 18.0 Å². The van der Waals surface area contributed by atoms with Crippen molar-refractivity contribution in [1.82, 2.24) is 9.55 Å². The van der Waals surface area contributed by atoms with Crippen molar-refractivity contribution < 1.29 is 5.11 Å². The van der Waals surface area contributed by atoms with Gasteiger partial charge in [0.25, 0.3) is 0 Å². The monoisotopic (exact) mass is 379 g/mol. The minimum absolute atomic E-state index is 0.133. The first-order valence-electron chi connectivity index (χ1n) is 9.11. The molecule has 0 aliphatic heterocycles. The second-order valence-electron chi connectivity index (χ2n) is 6.47. The summed E-state index contributed by atoms with van der Waals surface area (Å²) in [6.07, 6.45) is 2.94. The lowest BCUT2D eigenvalue weighted by Gasteiger charge is -2.12. The second kappa shape index (κ2) is 8.85. The molecule has 138 valence electrons. The summed E-state index contributed by atoms with van der Waals surface area (Å²) in [4.78, 5) is 4.44. The van der Waals surface area contributed by atoms with Crippen molar-refractivity contribution in [3.8, 4) is 17.2 Å². The van der Waals surface area contributed by atoms with Crippen LogP contribution in [0.15, 0.2) is 48.5 Å². The highest BCUT2D eigenvalue weighted by atomic mass is 35.5. The van der Waals surface area contributed by atoms with Crippen LogP contribution in [0.1, 0.15) is 42.4 Å². The van der Waals surface area contributed by atoms with Gasteiger partial charge in [0, 0.05) is 13.0 Å². The second-order valence-corrected chi connectivity index (χ2v) is 6.83. The zero-order valence-corrected chi connectivity index (χ0v) is 16.1. The summed E-state index contributed by atoms with van der Waals surface area (Å²) in [7, 11) is 0. The third kappa shape index (κ3) is 4.21. The number of aliphatic hydroxyl groups excluding tert-OH is 1. The summed E-state index contributed by atoms with van der Waals surface area (Å²) in [5.74, 6) is 0.907. The van der Waals surface area contributed by atoms with Crippen molar-refractivity contribution in [2.24, 2.45) is 0 Å². The molecule has 3 aromatic rings. The maximum atomic E-state index is 9.69. The fourth-order valence-corrected chi connectivity index (χ4v) is 3.43. The molecule has 2 aromatic carbocycles. The highest BCUT2D eigenvalue weighted by Crippen LogP contribution is 2.25. The standard InChI is InChI=1S/C22H22ClN3O/c1-2-3-8-21-25-22(23)20(15-27)26(21)14-16-9-11-17(12-10-16)19-7-5-4-6-18(19)13-24/h4-7,9-12,27H,2-3,8,14-15H2,1H3. The molecule has 0 saturated heterocycles. The minimum atomic E-state index is -0.133. The third-order valence-electron chi connectivity index (χ3n) is 4.66. The zero-order chi connectivity index (χ0) is 19.2. The van der Waals surface area contributed by atoms with Crippen LogP contribution in [0.2, 0.25) is 5.15 Å². The van der Waals surface area contributed by atoms with E-state index in [9.17, 15) is 10.4 Å². The maximum Gasteiger partial charge on any atom is 0.152 e. The van der Waals surface area contributed by atoms with Gasteiger partial charge in [-0.3, -0.25) is 0 Å². The molecule has 0 radical (unpaired) electrons. The largest absolute Gasteiger partial charge is 0.390 e. The number of halogens is 1. The Morgan fingerprint density at radius 2 is 1.89 bits per heavy atom. The molecule has 0 atom stereocenters. The minimum Gasteiger partial charge on any atom is -0.390 e. The normalized spacial score (nSPS) is 10.7. The molecule has 0 saturated carbocycles. The quantitative estimate of drug-likeness (QED) is 0.631. The first-order chi connectivity index (χ1) is 13.2. The van der Waals surface area contributed by atoms with Gasteiger partial charge in [0.15, 0.2) is 5.15 Å². The van der Waals surface area contributed by atoms with Crippen molar-refractivity contribution >= 4 is 11.6 Å². The molecule has 0 bridgehead atoms. The fraction of sp³-hybridized carbons (Fsp3) is 0.273. The van der Waals surface area contributed by atoms with E-state index in [1.165, 1.54) is 0 Å². The number of nitrogens with zero attached hydrogens (tertiary/aromatic N) is 3. The van der Waals surface area contributed by atoms with Gasteiger partial charge < -0.3 is 9.67 Å². The van der Waals surface area contributed by atoms with Gasteiger partial charge in [0.1, 0.15) is 5.82 Å². The highest BCUT2D eigenvalue weighted by Gasteiger charge is 2.15. The number of rotatable bonds is 7. The van der Waals surface area contributed by atoms with E-state index < -0.39 is 0 Å². The summed E-state index contributed by atoms with van der Waals surface area (Å²) in [5, 5.41) is 19.4. The number of unbranched alkanes of at least 4 members (excludes halogenated alkanes) is 1. The predicted octanol–water partition coefficient (Wildman–Crippen LogP) is 4.96. The van der Waals surface area contributed by atoms with E-state index in [0.29, 0.717) is 23.0 Å². The van der Waals surface area contributed by atoms with Crippen molar-refractivity contribution in [2.75, 3.05) is 0 Å². The van der Waals surface area contributed by atoms with Crippen LogP contribution >= 0.6 is 11.6 Å². The Morgan fingerprint density at radius 3 is 2.56 bits per heavy atom. The number of hydrogen-bond donors (Lipinski definition) is 1. The molecule has 1 aromatic heterocycles. The Morgan fingerprint density at radius 1 is 1.15 bits per heavy atom. The number of imidazole rings is 1. The molecule has 5 heteroatoms. The molecule has 0 aliphatic rings. The number of hydrogen-bond acceptors (Lipinski definition) is 3. The highest BCUT2D eigenvalue weighted by molar-refractivity contribution is 6.30. The van der Waals surface area contributed by atoms with Crippen molar-refractivity contribution in [3.05, 3.63) is 76.3 Å². The Hall–Kier alpha value is -2.61. The van der Waals surface area contributed by atoms with E-state index in [0.717, 1.165) is 41.8 Å². The number of aromatic nitrogens is 2. The molecular weight excluding hydrogens is 358 g/mol. The molecule has 27 heavy (non-hydrogen) atoms. The van der Waals surface area contributed by atoms with Crippen LogP contribution in [0.5, 0.6) is 0 Å². The number of aryl methyl sites for hydroxylation is 1. The van der Waals surface area contributed by atoms with Crippen LogP contribution in [0.3, 0.4) is 0 Å². The number of nitriles is 1. The molecule has 0 amide bonds. The summed E-state index contributed by atoms with van der Waals surface area (Å²) in [6.45, 7) is 2.61. The van der Waals surface area contributed by atoms with Gasteiger partial charge in [-0.15, -0.1) is 0 Å². The number of benzene rings is 2. The first kappa shape index (κ1) is 19.2. The lowest BCUT2D eigenvalue weighted by Crippen LogP contribution is -2.09. The molecule has 4 nitrogen and oxygen atoms in total. The number of aliphatic hydroxyl groups is 1. The van der Waals surface area contributed by atoms with Gasteiger partial charge >= 0.3 is 0 Å². The van der Waals surface area contributed by atoms with Gasteiger partial charge in [-0.1, -0.05) is 67.4 Å². The molecule has 1 heterocycles. The van der Waals surface area contributed by atoms with Crippen LogP contribution in [0.4, 0.5) is 0 Å². The maximum absolute atomic E-state index is 9.69. The Balaban J connectivity index is 1.88.